The van der Waals surface area contributed by atoms with Crippen molar-refractivity contribution in [3.63, 3.8) is 0 Å². The van der Waals surface area contributed by atoms with Crippen LogP contribution in [0.1, 0.15) is 37.3 Å². The molecule has 6 heteroatoms. The molecular weight excluding hydrogens is 362 g/mol. The summed E-state index contributed by atoms with van der Waals surface area (Å²) in [4.78, 5) is 9.40. The average molecular weight is 402 g/mol. The molecule has 1 aromatic rings. The van der Waals surface area contributed by atoms with Crippen molar-refractivity contribution in [1.82, 2.24) is 20.4 Å². The fourth-order valence-corrected chi connectivity index (χ4v) is 3.84. The first-order valence-electron chi connectivity index (χ1n) is 11.3. The minimum atomic E-state index is 0.489. The number of benzene rings is 1. The molecular formula is C23H39N5O. The fraction of sp³-hybridized carbons (Fsp3) is 0.696. The SMILES string of the molecule is CN=C(NCCCOCC1CC1)NCCCN1CCN(C)CC1c1ccccc1. The topological polar surface area (TPSA) is 52.1 Å². The van der Waals surface area contributed by atoms with Gasteiger partial charge in [-0.3, -0.25) is 9.89 Å². The van der Waals surface area contributed by atoms with E-state index in [1.165, 1.54) is 18.4 Å². The fourth-order valence-electron chi connectivity index (χ4n) is 3.84. The second-order valence-electron chi connectivity index (χ2n) is 8.38. The molecule has 1 saturated carbocycles. The molecule has 0 bridgehead atoms. The highest BCUT2D eigenvalue weighted by Crippen LogP contribution is 2.28. The number of ether oxygens (including phenoxy) is 1. The molecule has 0 radical (unpaired) electrons. The van der Waals surface area contributed by atoms with Crippen LogP contribution in [0.2, 0.25) is 0 Å². The van der Waals surface area contributed by atoms with E-state index >= 15 is 0 Å². The normalized spacial score (nSPS) is 21.3. The summed E-state index contributed by atoms with van der Waals surface area (Å²) >= 11 is 0. The van der Waals surface area contributed by atoms with Crippen LogP contribution in [-0.2, 0) is 4.74 Å². The third kappa shape index (κ3) is 7.96. The number of nitrogens with zero attached hydrogens (tertiary/aromatic N) is 3. The lowest BCUT2D eigenvalue weighted by Crippen LogP contribution is -2.47. The molecule has 1 aliphatic heterocycles. The summed E-state index contributed by atoms with van der Waals surface area (Å²) in [6.45, 7) is 8.10. The van der Waals surface area contributed by atoms with E-state index in [1.54, 1.807) is 0 Å². The van der Waals surface area contributed by atoms with Gasteiger partial charge >= 0.3 is 0 Å². The third-order valence-electron chi connectivity index (χ3n) is 5.83. The van der Waals surface area contributed by atoms with E-state index in [0.29, 0.717) is 6.04 Å². The minimum Gasteiger partial charge on any atom is -0.381 e. The van der Waals surface area contributed by atoms with Crippen molar-refractivity contribution in [2.24, 2.45) is 10.9 Å². The number of rotatable bonds is 11. The lowest BCUT2D eigenvalue weighted by molar-refractivity contribution is 0.0891. The Labute approximate surface area is 176 Å². The molecule has 162 valence electrons. The highest BCUT2D eigenvalue weighted by atomic mass is 16.5. The summed E-state index contributed by atoms with van der Waals surface area (Å²) in [6, 6.07) is 11.4. The number of hydrogen-bond acceptors (Lipinski definition) is 4. The van der Waals surface area contributed by atoms with Crippen LogP contribution in [0.4, 0.5) is 0 Å². The molecule has 0 amide bonds. The number of piperazine rings is 1. The molecule has 6 nitrogen and oxygen atoms in total. The van der Waals surface area contributed by atoms with Crippen LogP contribution in [0.3, 0.4) is 0 Å². The Hall–Kier alpha value is -1.63. The number of aliphatic imine (C=N–C) groups is 1. The molecule has 2 aliphatic rings. The molecule has 3 rings (SSSR count). The van der Waals surface area contributed by atoms with Crippen LogP contribution in [-0.4, -0.2) is 82.3 Å². The maximum atomic E-state index is 5.68. The molecule has 2 fully saturated rings. The van der Waals surface area contributed by atoms with Crippen molar-refractivity contribution >= 4 is 5.96 Å². The first kappa shape index (κ1) is 22.1. The predicted molar refractivity (Wildman–Crippen MR) is 120 cm³/mol. The summed E-state index contributed by atoms with van der Waals surface area (Å²) < 4.78 is 5.68. The van der Waals surface area contributed by atoms with Crippen molar-refractivity contribution in [3.05, 3.63) is 35.9 Å². The van der Waals surface area contributed by atoms with Gasteiger partial charge in [0, 0.05) is 65.6 Å². The van der Waals surface area contributed by atoms with Gasteiger partial charge in [-0.15, -0.1) is 0 Å². The lowest BCUT2D eigenvalue weighted by Gasteiger charge is -2.40. The smallest absolute Gasteiger partial charge is 0.190 e. The Balaban J connectivity index is 1.31. The van der Waals surface area contributed by atoms with Gasteiger partial charge in [0.2, 0.25) is 0 Å². The standard InChI is InChI=1S/C23H39N5O/c1-24-23(26-13-7-17-29-19-20-10-11-20)25-12-6-14-28-16-15-27(2)18-22(28)21-8-4-3-5-9-21/h3-5,8-9,20,22H,6-7,10-19H2,1-2H3,(H2,24,25,26). The maximum absolute atomic E-state index is 5.68. The van der Waals surface area contributed by atoms with Gasteiger partial charge in [-0.05, 0) is 44.2 Å². The van der Waals surface area contributed by atoms with Crippen molar-refractivity contribution in [1.29, 1.82) is 0 Å². The molecule has 1 aromatic carbocycles. The lowest BCUT2D eigenvalue weighted by atomic mass is 10.0. The molecule has 0 aromatic heterocycles. The first-order chi connectivity index (χ1) is 14.3. The highest BCUT2D eigenvalue weighted by molar-refractivity contribution is 5.79. The molecule has 1 unspecified atom stereocenters. The van der Waals surface area contributed by atoms with E-state index < -0.39 is 0 Å². The van der Waals surface area contributed by atoms with Crippen LogP contribution in [0.5, 0.6) is 0 Å². The minimum absolute atomic E-state index is 0.489. The van der Waals surface area contributed by atoms with E-state index in [4.69, 9.17) is 4.74 Å². The van der Waals surface area contributed by atoms with Crippen LogP contribution < -0.4 is 10.6 Å². The monoisotopic (exact) mass is 401 g/mol. The Morgan fingerprint density at radius 1 is 1.10 bits per heavy atom. The van der Waals surface area contributed by atoms with Gasteiger partial charge in [0.15, 0.2) is 5.96 Å². The van der Waals surface area contributed by atoms with Crippen molar-refractivity contribution < 1.29 is 4.74 Å². The summed E-state index contributed by atoms with van der Waals surface area (Å²) in [7, 11) is 4.06. The van der Waals surface area contributed by atoms with Gasteiger partial charge in [0.25, 0.3) is 0 Å². The molecule has 0 spiro atoms. The molecule has 1 heterocycles. The molecule has 1 aliphatic carbocycles. The van der Waals surface area contributed by atoms with Gasteiger partial charge in [-0.2, -0.15) is 0 Å². The Bertz CT molecular complexity index is 605. The average Bonchev–Trinajstić information content (AvgIpc) is 3.58. The third-order valence-corrected chi connectivity index (χ3v) is 5.83. The van der Waals surface area contributed by atoms with E-state index in [1.807, 2.05) is 7.05 Å². The largest absolute Gasteiger partial charge is 0.381 e. The van der Waals surface area contributed by atoms with Gasteiger partial charge in [-0.1, -0.05) is 30.3 Å². The molecule has 2 N–H and O–H groups in total. The van der Waals surface area contributed by atoms with E-state index in [2.05, 4.69) is 62.8 Å². The second kappa shape index (κ2) is 12.2. The molecule has 1 atom stereocenters. The summed E-state index contributed by atoms with van der Waals surface area (Å²) in [5.74, 6) is 1.74. The predicted octanol–water partition coefficient (Wildman–Crippen LogP) is 2.35. The Morgan fingerprint density at radius 3 is 2.59 bits per heavy atom. The van der Waals surface area contributed by atoms with Gasteiger partial charge in [0.1, 0.15) is 0 Å². The Morgan fingerprint density at radius 2 is 1.86 bits per heavy atom. The van der Waals surface area contributed by atoms with E-state index in [0.717, 1.165) is 77.2 Å². The summed E-state index contributed by atoms with van der Waals surface area (Å²) in [5.41, 5.74) is 1.42. The summed E-state index contributed by atoms with van der Waals surface area (Å²) in [6.07, 6.45) is 4.84. The first-order valence-corrected chi connectivity index (χ1v) is 11.3. The van der Waals surface area contributed by atoms with Crippen molar-refractivity contribution in [2.45, 2.75) is 31.7 Å². The van der Waals surface area contributed by atoms with Gasteiger partial charge < -0.3 is 20.3 Å². The van der Waals surface area contributed by atoms with Crippen LogP contribution >= 0.6 is 0 Å². The van der Waals surface area contributed by atoms with Crippen LogP contribution in [0, 0.1) is 5.92 Å². The summed E-state index contributed by atoms with van der Waals surface area (Å²) in [5, 5.41) is 6.84. The van der Waals surface area contributed by atoms with Gasteiger partial charge in [-0.25, -0.2) is 0 Å². The van der Waals surface area contributed by atoms with E-state index in [-0.39, 0.29) is 0 Å². The van der Waals surface area contributed by atoms with Gasteiger partial charge in [0.05, 0.1) is 0 Å². The number of nitrogens with one attached hydrogen (secondary N) is 2. The maximum Gasteiger partial charge on any atom is 0.190 e. The molecule has 1 saturated heterocycles. The zero-order valence-electron chi connectivity index (χ0n) is 18.3. The molecule has 29 heavy (non-hydrogen) atoms. The quantitative estimate of drug-likeness (QED) is 0.339. The zero-order valence-corrected chi connectivity index (χ0v) is 18.3. The zero-order chi connectivity index (χ0) is 20.3. The Kier molecular flexibility index (Phi) is 9.25. The van der Waals surface area contributed by atoms with Crippen molar-refractivity contribution in [3.8, 4) is 0 Å². The van der Waals surface area contributed by atoms with E-state index in [9.17, 15) is 0 Å². The highest BCUT2D eigenvalue weighted by Gasteiger charge is 2.25. The number of hydrogen-bond donors (Lipinski definition) is 2. The number of likely N-dealkylation sites (N-methyl/N-ethyl adjacent to an activating group) is 1. The number of guanidine groups is 1. The van der Waals surface area contributed by atoms with Crippen LogP contribution in [0.25, 0.3) is 0 Å². The van der Waals surface area contributed by atoms with Crippen LogP contribution in [0.15, 0.2) is 35.3 Å². The van der Waals surface area contributed by atoms with Crippen molar-refractivity contribution in [2.75, 3.05) is 66.6 Å². The second-order valence-corrected chi connectivity index (χ2v) is 8.38.